The molecule has 0 spiro atoms. The lowest BCUT2D eigenvalue weighted by molar-refractivity contribution is 1.17. The zero-order chi connectivity index (χ0) is 5.11. The second-order valence-electron chi connectivity index (χ2n) is 1.10. The Morgan fingerprint density at radius 1 is 1.86 bits per heavy atom. The van der Waals surface area contributed by atoms with Crippen molar-refractivity contribution in [1.82, 2.24) is 0 Å². The highest BCUT2D eigenvalue weighted by Crippen LogP contribution is 2.10. The first-order chi connectivity index (χ1) is 3.43. The fraction of sp³-hybridized carbons (Fsp3) is 0.667. The third-order valence-electron chi connectivity index (χ3n) is 0.648. The maximum absolute atomic E-state index is 4.39. The fourth-order valence-electron chi connectivity index (χ4n) is 0.379. The summed E-state index contributed by atoms with van der Waals surface area (Å²) in [5.41, 5.74) is 0. The molecule has 7 heavy (non-hydrogen) atoms. The topological polar surface area (TPSA) is 24.7 Å². The normalized spacial score (nSPS) is 19.1. The van der Waals surface area contributed by atoms with E-state index in [1.807, 2.05) is 0 Å². The predicted molar refractivity (Wildman–Crippen MR) is 34.6 cm³/mol. The van der Waals surface area contributed by atoms with E-state index < -0.39 is 0 Å². The van der Waals surface area contributed by atoms with Crippen molar-refractivity contribution in [3.8, 4) is 0 Å². The number of rotatable bonds is 0. The van der Waals surface area contributed by atoms with Crippen LogP contribution in [0.25, 0.3) is 0 Å². The molecule has 1 rings (SSSR count). The predicted octanol–water partition coefficient (Wildman–Crippen LogP) is 0.820. The van der Waals surface area contributed by atoms with Crippen LogP contribution in [0.3, 0.4) is 0 Å². The van der Waals surface area contributed by atoms with Crippen LogP contribution in [0.2, 0.25) is 0 Å². The van der Waals surface area contributed by atoms with Gasteiger partial charge in [0.05, 0.1) is 6.54 Å². The molecule has 38 valence electrons. The fourth-order valence-corrected chi connectivity index (χ4v) is 1.20. The van der Waals surface area contributed by atoms with E-state index in [4.69, 9.17) is 0 Å². The average Bonchev–Trinajstić information content (AvgIpc) is 2.14. The molecule has 0 aromatic rings. The van der Waals surface area contributed by atoms with Crippen molar-refractivity contribution < 1.29 is 0 Å². The highest BCUT2D eigenvalue weighted by atomic mass is 32.2. The first-order valence-corrected chi connectivity index (χ1v) is 3.29. The Kier molecular flexibility index (Phi) is 1.76. The van der Waals surface area contributed by atoms with E-state index in [-0.39, 0.29) is 0 Å². The summed E-state index contributed by atoms with van der Waals surface area (Å²) >= 11 is 6.01. The first kappa shape index (κ1) is 5.18. The minimum absolute atomic E-state index is 0.773. The lowest BCUT2D eigenvalue weighted by Crippen LogP contribution is -1.73. The van der Waals surface area contributed by atoms with E-state index in [1.165, 1.54) is 0 Å². The van der Waals surface area contributed by atoms with Gasteiger partial charge in [-0.05, 0) is 0 Å². The smallest absolute Gasteiger partial charge is 0.195 e. The number of nitrogens with zero attached hydrogens (tertiary/aromatic N) is 2. The van der Waals surface area contributed by atoms with Gasteiger partial charge in [0.2, 0.25) is 0 Å². The van der Waals surface area contributed by atoms with E-state index in [9.17, 15) is 0 Å². The lowest BCUT2D eigenvalue weighted by atomic mass is 10.8. The summed E-state index contributed by atoms with van der Waals surface area (Å²) in [7, 11) is 0. The Hall–Kier alpha value is 0.0400. The van der Waals surface area contributed by atoms with Gasteiger partial charge in [-0.3, -0.25) is 4.99 Å². The highest BCUT2D eigenvalue weighted by molar-refractivity contribution is 8.14. The molecule has 1 heterocycles. The van der Waals surface area contributed by atoms with E-state index >= 15 is 0 Å². The van der Waals surface area contributed by atoms with Gasteiger partial charge in [-0.25, -0.2) is 0 Å². The molecule has 0 saturated carbocycles. The van der Waals surface area contributed by atoms with Gasteiger partial charge in [-0.2, -0.15) is 4.36 Å². The minimum Gasteiger partial charge on any atom is -0.259 e. The number of thioether (sulfide) groups is 1. The maximum atomic E-state index is 4.39. The molecule has 0 aliphatic carbocycles. The molecule has 0 radical (unpaired) electrons. The average molecular weight is 132 g/mol. The van der Waals surface area contributed by atoms with Crippen molar-refractivity contribution in [1.29, 1.82) is 0 Å². The molecule has 0 amide bonds. The molecule has 0 aromatic heterocycles. The van der Waals surface area contributed by atoms with Crippen molar-refractivity contribution in [2.45, 2.75) is 0 Å². The molecule has 0 unspecified atom stereocenters. The standard InChI is InChI=1S/C3H4N2S2/c6-5-3-4-1-2-7-3/h1-2H2. The maximum Gasteiger partial charge on any atom is 0.195 e. The van der Waals surface area contributed by atoms with Gasteiger partial charge in [-0.1, -0.05) is 11.8 Å². The lowest BCUT2D eigenvalue weighted by Gasteiger charge is -1.77. The van der Waals surface area contributed by atoms with Crippen LogP contribution < -0.4 is 0 Å². The van der Waals surface area contributed by atoms with Crippen LogP contribution in [-0.2, 0) is 12.4 Å². The molecule has 0 atom stereocenters. The Morgan fingerprint density at radius 3 is 3.00 bits per heavy atom. The first-order valence-electron chi connectivity index (χ1n) is 1.94. The summed E-state index contributed by atoms with van der Waals surface area (Å²) in [4.78, 5) is 3.96. The van der Waals surface area contributed by atoms with Crippen molar-refractivity contribution in [2.75, 3.05) is 12.3 Å². The quantitative estimate of drug-likeness (QED) is 0.487. The van der Waals surface area contributed by atoms with Crippen molar-refractivity contribution >= 4 is 29.4 Å². The van der Waals surface area contributed by atoms with Crippen LogP contribution >= 0.6 is 11.8 Å². The Morgan fingerprint density at radius 2 is 2.71 bits per heavy atom. The molecule has 1 aliphatic heterocycles. The molecule has 0 bridgehead atoms. The van der Waals surface area contributed by atoms with E-state index in [1.54, 1.807) is 11.8 Å². The third-order valence-corrected chi connectivity index (χ3v) is 1.80. The van der Waals surface area contributed by atoms with Crippen LogP contribution in [0.15, 0.2) is 9.36 Å². The molecule has 0 N–H and O–H groups in total. The molecule has 1 aliphatic rings. The number of amidine groups is 1. The second kappa shape index (κ2) is 2.37. The molecule has 0 aromatic carbocycles. The van der Waals surface area contributed by atoms with Gasteiger partial charge in [0.25, 0.3) is 0 Å². The zero-order valence-corrected chi connectivity index (χ0v) is 5.26. The van der Waals surface area contributed by atoms with Gasteiger partial charge in [-0.15, -0.1) is 0 Å². The number of hydrogen-bond donors (Lipinski definition) is 0. The van der Waals surface area contributed by atoms with Gasteiger partial charge >= 0.3 is 0 Å². The van der Waals surface area contributed by atoms with Gasteiger partial charge < -0.3 is 0 Å². The van der Waals surface area contributed by atoms with Crippen LogP contribution in [0, 0.1) is 0 Å². The number of hydrogen-bond acceptors (Lipinski definition) is 4. The van der Waals surface area contributed by atoms with Gasteiger partial charge in [0.1, 0.15) is 0 Å². The van der Waals surface area contributed by atoms with Crippen LogP contribution in [0.4, 0.5) is 0 Å². The third kappa shape index (κ3) is 1.21. The van der Waals surface area contributed by atoms with Crippen LogP contribution in [0.5, 0.6) is 0 Å². The summed E-state index contributed by atoms with van der Waals surface area (Å²) in [6, 6.07) is 0. The summed E-state index contributed by atoms with van der Waals surface area (Å²) in [5.74, 6) is 1.05. The number of aliphatic imine (C=N–C) groups is 1. The Labute approximate surface area is 51.6 Å². The summed E-state index contributed by atoms with van der Waals surface area (Å²) < 4.78 is 3.48. The van der Waals surface area contributed by atoms with Crippen molar-refractivity contribution in [3.63, 3.8) is 0 Å². The molecular weight excluding hydrogens is 128 g/mol. The SMILES string of the molecule is S=NC1=NCCS1. The monoisotopic (exact) mass is 132 g/mol. The summed E-state index contributed by atoms with van der Waals surface area (Å²) in [5, 5.41) is 0.773. The van der Waals surface area contributed by atoms with E-state index in [0.717, 1.165) is 17.5 Å². The highest BCUT2D eigenvalue weighted by Gasteiger charge is 2.02. The largest absolute Gasteiger partial charge is 0.259 e. The summed E-state index contributed by atoms with van der Waals surface area (Å²) in [6.07, 6.45) is 0. The van der Waals surface area contributed by atoms with Crippen molar-refractivity contribution in [2.24, 2.45) is 9.36 Å². The van der Waals surface area contributed by atoms with Crippen molar-refractivity contribution in [3.05, 3.63) is 0 Å². The van der Waals surface area contributed by atoms with E-state index in [0.29, 0.717) is 0 Å². The minimum atomic E-state index is 0.773. The Balaban J connectivity index is 2.51. The Bertz CT molecular complexity index is 110. The van der Waals surface area contributed by atoms with Crippen LogP contribution in [0.1, 0.15) is 0 Å². The summed E-state index contributed by atoms with van der Waals surface area (Å²) in [6.45, 7) is 0.889. The molecule has 0 saturated heterocycles. The molecule has 2 nitrogen and oxygen atoms in total. The molecule has 0 fully saturated rings. The van der Waals surface area contributed by atoms with Crippen LogP contribution in [-0.4, -0.2) is 17.5 Å². The zero-order valence-electron chi connectivity index (χ0n) is 3.63. The van der Waals surface area contributed by atoms with Gasteiger partial charge in [0.15, 0.2) is 5.17 Å². The second-order valence-corrected chi connectivity index (χ2v) is 2.35. The molecular formula is C3H4N2S2. The van der Waals surface area contributed by atoms with E-state index in [2.05, 4.69) is 21.8 Å². The molecule has 4 heteroatoms. The van der Waals surface area contributed by atoms with Gasteiger partial charge in [0, 0.05) is 18.2 Å².